The van der Waals surface area contributed by atoms with Crippen LogP contribution in [0, 0.1) is 13.8 Å². The van der Waals surface area contributed by atoms with Crippen LogP contribution in [0.25, 0.3) is 0 Å². The molecule has 0 radical (unpaired) electrons. The fourth-order valence-electron chi connectivity index (χ4n) is 4.83. The predicted molar refractivity (Wildman–Crippen MR) is 122 cm³/mol. The number of aromatic hydroxyl groups is 1. The molecule has 31 heavy (non-hydrogen) atoms. The van der Waals surface area contributed by atoms with Gasteiger partial charge in [-0.2, -0.15) is 0 Å². The standard InChI is InChI=1S/C25H31N3O3/c1-16-8-9-19(17(2)14-16)21-15-22(20-6-5-7-23(31-4)24(20)30)27-25(26-21)10-12-28(13-11-25)18(3)29/h5-9,14,22,27,30H,10-13,15H2,1-4H3. The monoisotopic (exact) mass is 421 g/mol. The van der Waals surface area contributed by atoms with E-state index in [4.69, 9.17) is 9.73 Å². The fourth-order valence-corrected chi connectivity index (χ4v) is 4.83. The molecule has 2 aromatic carbocycles. The van der Waals surface area contributed by atoms with Crippen molar-refractivity contribution in [2.24, 2.45) is 4.99 Å². The van der Waals surface area contributed by atoms with Crippen LogP contribution in [0.1, 0.15) is 54.5 Å². The molecule has 1 unspecified atom stereocenters. The van der Waals surface area contributed by atoms with Crippen LogP contribution in [-0.2, 0) is 4.79 Å². The third kappa shape index (κ3) is 4.17. The van der Waals surface area contributed by atoms with Gasteiger partial charge in [0.2, 0.25) is 5.91 Å². The van der Waals surface area contributed by atoms with Crippen LogP contribution in [0.4, 0.5) is 0 Å². The molecule has 1 atom stereocenters. The molecule has 1 spiro atoms. The third-order valence-corrected chi connectivity index (χ3v) is 6.54. The minimum Gasteiger partial charge on any atom is -0.504 e. The van der Waals surface area contributed by atoms with Crippen molar-refractivity contribution in [1.29, 1.82) is 0 Å². The molecule has 2 aliphatic heterocycles. The number of carbonyl (C=O) groups is 1. The number of ether oxygens (including phenoxy) is 1. The Morgan fingerprint density at radius 2 is 1.97 bits per heavy atom. The molecular weight excluding hydrogens is 390 g/mol. The average Bonchev–Trinajstić information content (AvgIpc) is 2.74. The molecule has 1 amide bonds. The number of aryl methyl sites for hydroxylation is 2. The summed E-state index contributed by atoms with van der Waals surface area (Å²) >= 11 is 0. The lowest BCUT2D eigenvalue weighted by atomic mass is 9.86. The largest absolute Gasteiger partial charge is 0.504 e. The van der Waals surface area contributed by atoms with Gasteiger partial charge in [0.15, 0.2) is 11.5 Å². The minimum absolute atomic E-state index is 0.103. The van der Waals surface area contributed by atoms with Gasteiger partial charge in [-0.3, -0.25) is 15.1 Å². The molecule has 0 aliphatic carbocycles. The number of carbonyl (C=O) groups excluding carboxylic acids is 1. The predicted octanol–water partition coefficient (Wildman–Crippen LogP) is 3.88. The van der Waals surface area contributed by atoms with Crippen LogP contribution in [0.3, 0.4) is 0 Å². The van der Waals surface area contributed by atoms with Crippen molar-refractivity contribution in [2.45, 2.75) is 51.7 Å². The topological polar surface area (TPSA) is 74.2 Å². The van der Waals surface area contributed by atoms with E-state index in [0.29, 0.717) is 25.3 Å². The number of rotatable bonds is 3. The van der Waals surface area contributed by atoms with Crippen LogP contribution in [0.2, 0.25) is 0 Å². The average molecular weight is 422 g/mol. The Labute approximate surface area is 183 Å². The summed E-state index contributed by atoms with van der Waals surface area (Å²) in [7, 11) is 1.56. The van der Waals surface area contributed by atoms with Gasteiger partial charge in [0, 0.05) is 56.6 Å². The van der Waals surface area contributed by atoms with Gasteiger partial charge in [0.25, 0.3) is 0 Å². The highest BCUT2D eigenvalue weighted by molar-refractivity contribution is 6.03. The zero-order chi connectivity index (χ0) is 22.2. The second kappa shape index (κ2) is 8.35. The van der Waals surface area contributed by atoms with Gasteiger partial charge in [-0.05, 0) is 31.0 Å². The van der Waals surface area contributed by atoms with E-state index >= 15 is 0 Å². The molecule has 2 heterocycles. The molecule has 0 saturated carbocycles. The molecular formula is C25H31N3O3. The van der Waals surface area contributed by atoms with E-state index in [1.54, 1.807) is 20.1 Å². The van der Waals surface area contributed by atoms with Gasteiger partial charge in [-0.1, -0.05) is 35.9 Å². The number of phenolic OH excluding ortho intramolecular Hbond substituents is 1. The normalized spacial score (nSPS) is 20.5. The Kier molecular flexibility index (Phi) is 5.75. The van der Waals surface area contributed by atoms with Gasteiger partial charge < -0.3 is 14.7 Å². The molecule has 0 aromatic heterocycles. The Morgan fingerprint density at radius 1 is 1.23 bits per heavy atom. The quantitative estimate of drug-likeness (QED) is 0.789. The summed E-state index contributed by atoms with van der Waals surface area (Å²) in [6, 6.07) is 12.0. The number of para-hydroxylation sites is 1. The van der Waals surface area contributed by atoms with Gasteiger partial charge in [-0.15, -0.1) is 0 Å². The van der Waals surface area contributed by atoms with Gasteiger partial charge in [-0.25, -0.2) is 0 Å². The summed E-state index contributed by atoms with van der Waals surface area (Å²) in [5, 5.41) is 14.6. The number of nitrogens with zero attached hydrogens (tertiary/aromatic N) is 2. The zero-order valence-electron chi connectivity index (χ0n) is 18.7. The van der Waals surface area contributed by atoms with Gasteiger partial charge in [0.1, 0.15) is 5.66 Å². The van der Waals surface area contributed by atoms with E-state index in [1.165, 1.54) is 11.1 Å². The molecule has 2 aromatic rings. The van der Waals surface area contributed by atoms with Crippen molar-refractivity contribution in [3.8, 4) is 11.5 Å². The van der Waals surface area contributed by atoms with Crippen LogP contribution in [-0.4, -0.2) is 47.5 Å². The lowest BCUT2D eigenvalue weighted by Crippen LogP contribution is -2.56. The first-order chi connectivity index (χ1) is 14.8. The minimum atomic E-state index is -0.461. The maximum Gasteiger partial charge on any atom is 0.219 e. The first kappa shape index (κ1) is 21.4. The Bertz CT molecular complexity index is 1020. The van der Waals surface area contributed by atoms with Crippen molar-refractivity contribution < 1.29 is 14.6 Å². The fraction of sp³-hybridized carbons (Fsp3) is 0.440. The van der Waals surface area contributed by atoms with Crippen molar-refractivity contribution in [3.05, 3.63) is 58.7 Å². The molecule has 164 valence electrons. The second-order valence-corrected chi connectivity index (χ2v) is 8.71. The number of aliphatic imine (C=N–C) groups is 1. The smallest absolute Gasteiger partial charge is 0.219 e. The summed E-state index contributed by atoms with van der Waals surface area (Å²) in [4.78, 5) is 19.0. The number of piperidine rings is 1. The van der Waals surface area contributed by atoms with E-state index in [9.17, 15) is 9.90 Å². The summed E-state index contributed by atoms with van der Waals surface area (Å²) < 4.78 is 5.35. The van der Waals surface area contributed by atoms with Crippen molar-refractivity contribution >= 4 is 11.6 Å². The number of methoxy groups -OCH3 is 1. The van der Waals surface area contributed by atoms with Gasteiger partial charge in [0.05, 0.1) is 7.11 Å². The number of amides is 1. The molecule has 6 heteroatoms. The first-order valence-electron chi connectivity index (χ1n) is 10.9. The van der Waals surface area contributed by atoms with Crippen LogP contribution >= 0.6 is 0 Å². The lowest BCUT2D eigenvalue weighted by molar-refractivity contribution is -0.130. The molecule has 1 saturated heterocycles. The Morgan fingerprint density at radius 3 is 2.61 bits per heavy atom. The van der Waals surface area contributed by atoms with Crippen molar-refractivity contribution in [2.75, 3.05) is 20.2 Å². The Hall–Kier alpha value is -2.86. The number of benzene rings is 2. The third-order valence-electron chi connectivity index (χ3n) is 6.54. The maximum atomic E-state index is 11.9. The summed E-state index contributed by atoms with van der Waals surface area (Å²) in [6.07, 6.45) is 2.15. The summed E-state index contributed by atoms with van der Waals surface area (Å²) in [6.45, 7) is 7.17. The number of phenols is 1. The number of hydrogen-bond acceptors (Lipinski definition) is 5. The first-order valence-corrected chi connectivity index (χ1v) is 10.9. The second-order valence-electron chi connectivity index (χ2n) is 8.71. The zero-order valence-corrected chi connectivity index (χ0v) is 18.7. The lowest BCUT2D eigenvalue weighted by Gasteiger charge is -2.45. The van der Waals surface area contributed by atoms with E-state index in [0.717, 1.165) is 29.7 Å². The van der Waals surface area contributed by atoms with E-state index in [2.05, 4.69) is 37.4 Å². The van der Waals surface area contributed by atoms with Crippen LogP contribution < -0.4 is 10.1 Å². The summed E-state index contributed by atoms with van der Waals surface area (Å²) in [5.41, 5.74) is 4.96. The number of hydrogen-bond donors (Lipinski definition) is 2. The van der Waals surface area contributed by atoms with E-state index in [-0.39, 0.29) is 17.7 Å². The maximum absolute atomic E-state index is 11.9. The SMILES string of the molecule is COc1cccc(C2CC(c3ccc(C)cc3C)=NC3(CCN(C(C)=O)CC3)N2)c1O. The number of likely N-dealkylation sites (tertiary alicyclic amines) is 1. The Balaban J connectivity index is 1.75. The van der Waals surface area contributed by atoms with Crippen molar-refractivity contribution in [1.82, 2.24) is 10.2 Å². The molecule has 4 rings (SSSR count). The van der Waals surface area contributed by atoms with Gasteiger partial charge >= 0.3 is 0 Å². The van der Waals surface area contributed by atoms with E-state index < -0.39 is 5.66 Å². The summed E-state index contributed by atoms with van der Waals surface area (Å²) in [5.74, 6) is 0.738. The molecule has 0 bridgehead atoms. The molecule has 2 N–H and O–H groups in total. The molecule has 2 aliphatic rings. The van der Waals surface area contributed by atoms with Crippen molar-refractivity contribution in [3.63, 3.8) is 0 Å². The molecule has 1 fully saturated rings. The van der Waals surface area contributed by atoms with E-state index in [1.807, 2.05) is 17.0 Å². The highest BCUT2D eigenvalue weighted by Gasteiger charge is 2.41. The van der Waals surface area contributed by atoms with Crippen LogP contribution in [0.5, 0.6) is 11.5 Å². The molecule has 6 nitrogen and oxygen atoms in total. The van der Waals surface area contributed by atoms with Crippen LogP contribution in [0.15, 0.2) is 41.4 Å². The number of nitrogens with one attached hydrogen (secondary N) is 1. The highest BCUT2D eigenvalue weighted by Crippen LogP contribution is 2.40. The highest BCUT2D eigenvalue weighted by atomic mass is 16.5.